The molecule has 0 fully saturated rings. The van der Waals surface area contributed by atoms with Gasteiger partial charge in [0.25, 0.3) is 0 Å². The fourth-order valence-electron chi connectivity index (χ4n) is 2.80. The van der Waals surface area contributed by atoms with Crippen molar-refractivity contribution in [2.45, 2.75) is 11.7 Å². The van der Waals surface area contributed by atoms with Crippen LogP contribution in [0.1, 0.15) is 21.9 Å². The van der Waals surface area contributed by atoms with Gasteiger partial charge in [0.15, 0.2) is 0 Å². The maximum Gasteiger partial charge on any atom is 0.234 e. The van der Waals surface area contributed by atoms with Crippen LogP contribution >= 0.6 is 23.4 Å². The average molecular weight is 407 g/mol. The number of nitrogens with one attached hydrogen (secondary N) is 1. The summed E-state index contributed by atoms with van der Waals surface area (Å²) in [5.74, 6) is 0.259. The van der Waals surface area contributed by atoms with E-state index in [1.54, 1.807) is 11.8 Å². The van der Waals surface area contributed by atoms with Crippen molar-refractivity contribution in [1.29, 1.82) is 5.26 Å². The second-order valence-electron chi connectivity index (χ2n) is 6.23. The molecule has 140 valence electrons. The first kappa shape index (κ1) is 20.0. The van der Waals surface area contributed by atoms with Crippen molar-refractivity contribution in [2.24, 2.45) is 0 Å². The number of carbonyl (C=O) groups is 1. The van der Waals surface area contributed by atoms with Gasteiger partial charge in [-0.2, -0.15) is 5.26 Å². The first-order valence-corrected chi connectivity index (χ1v) is 10.3. The Morgan fingerprint density at radius 2 is 1.61 bits per heavy atom. The van der Waals surface area contributed by atoms with E-state index in [4.69, 9.17) is 16.9 Å². The lowest BCUT2D eigenvalue weighted by molar-refractivity contribution is -0.113. The fourth-order valence-corrected chi connectivity index (χ4v) is 4.02. The van der Waals surface area contributed by atoms with Crippen molar-refractivity contribution in [3.05, 3.63) is 101 Å². The molecule has 3 aromatic rings. The first-order chi connectivity index (χ1) is 13.7. The predicted octanol–water partition coefficient (Wildman–Crippen LogP) is 5.87. The van der Waals surface area contributed by atoms with Crippen LogP contribution in [-0.4, -0.2) is 11.7 Å². The Morgan fingerprint density at radius 3 is 2.25 bits per heavy atom. The number of carbonyl (C=O) groups excluding carboxylic acids is 1. The Morgan fingerprint density at radius 1 is 0.964 bits per heavy atom. The quantitative estimate of drug-likeness (QED) is 0.534. The molecule has 0 aliphatic carbocycles. The van der Waals surface area contributed by atoms with E-state index in [-0.39, 0.29) is 11.2 Å². The van der Waals surface area contributed by atoms with Crippen molar-refractivity contribution in [2.75, 3.05) is 11.1 Å². The number of halogens is 1. The molecule has 0 aliphatic rings. The van der Waals surface area contributed by atoms with Crippen LogP contribution in [0.25, 0.3) is 0 Å². The number of benzene rings is 3. The topological polar surface area (TPSA) is 52.9 Å². The highest BCUT2D eigenvalue weighted by molar-refractivity contribution is 8.00. The molecule has 0 saturated carbocycles. The summed E-state index contributed by atoms with van der Waals surface area (Å²) in [6.07, 6.45) is 0.365. The zero-order valence-corrected chi connectivity index (χ0v) is 16.7. The van der Waals surface area contributed by atoms with Crippen LogP contribution in [-0.2, 0) is 11.2 Å². The van der Waals surface area contributed by atoms with Gasteiger partial charge in [-0.15, -0.1) is 11.8 Å². The molecule has 28 heavy (non-hydrogen) atoms. The first-order valence-electron chi connectivity index (χ1n) is 8.83. The molecule has 0 aromatic heterocycles. The summed E-state index contributed by atoms with van der Waals surface area (Å²) in [7, 11) is 0. The lowest BCUT2D eigenvalue weighted by atomic mass is 10.0. The summed E-state index contributed by atoms with van der Waals surface area (Å²) in [5, 5.41) is 12.4. The SMILES string of the molecule is N#CCc1ccc(NC(=O)CSC(c2ccccc2)c2ccc(Cl)cc2)cc1. The highest BCUT2D eigenvalue weighted by atomic mass is 35.5. The van der Waals surface area contributed by atoms with Gasteiger partial charge in [-0.25, -0.2) is 0 Å². The van der Waals surface area contributed by atoms with E-state index >= 15 is 0 Å². The van der Waals surface area contributed by atoms with Gasteiger partial charge in [-0.3, -0.25) is 4.79 Å². The van der Waals surface area contributed by atoms with E-state index in [1.807, 2.05) is 66.7 Å². The molecule has 3 nitrogen and oxygen atoms in total. The molecule has 0 saturated heterocycles. The minimum atomic E-state index is -0.0621. The molecule has 0 heterocycles. The molecule has 5 heteroatoms. The van der Waals surface area contributed by atoms with E-state index in [0.29, 0.717) is 17.2 Å². The average Bonchev–Trinajstić information content (AvgIpc) is 2.72. The van der Waals surface area contributed by atoms with Gasteiger partial charge in [-0.1, -0.05) is 66.2 Å². The third-order valence-electron chi connectivity index (χ3n) is 4.18. The third-order valence-corrected chi connectivity index (χ3v) is 5.74. The molecule has 1 unspecified atom stereocenters. The van der Waals surface area contributed by atoms with Crippen molar-refractivity contribution < 1.29 is 4.79 Å². The third kappa shape index (κ3) is 5.63. The summed E-state index contributed by atoms with van der Waals surface area (Å²) in [6, 6.07) is 27.3. The summed E-state index contributed by atoms with van der Waals surface area (Å²) < 4.78 is 0. The molecular formula is C23H19ClN2OS. The van der Waals surface area contributed by atoms with Gasteiger partial charge >= 0.3 is 0 Å². The van der Waals surface area contributed by atoms with Crippen LogP contribution in [0.5, 0.6) is 0 Å². The normalized spacial score (nSPS) is 11.4. The number of nitrogens with zero attached hydrogens (tertiary/aromatic N) is 1. The van der Waals surface area contributed by atoms with Crippen molar-refractivity contribution >= 4 is 35.0 Å². The van der Waals surface area contributed by atoms with Gasteiger partial charge in [-0.05, 0) is 41.0 Å². The second kappa shape index (κ2) is 9.98. The Kier molecular flexibility index (Phi) is 7.13. The largest absolute Gasteiger partial charge is 0.325 e. The maximum atomic E-state index is 12.4. The lowest BCUT2D eigenvalue weighted by Gasteiger charge is -2.18. The molecule has 1 N–H and O–H groups in total. The number of amides is 1. The van der Waals surface area contributed by atoms with E-state index < -0.39 is 0 Å². The molecule has 0 bridgehead atoms. The van der Waals surface area contributed by atoms with Crippen molar-refractivity contribution in [1.82, 2.24) is 0 Å². The van der Waals surface area contributed by atoms with Gasteiger partial charge < -0.3 is 5.32 Å². The van der Waals surface area contributed by atoms with Crippen LogP contribution < -0.4 is 5.32 Å². The zero-order valence-electron chi connectivity index (χ0n) is 15.1. The number of hydrogen-bond acceptors (Lipinski definition) is 3. The lowest BCUT2D eigenvalue weighted by Crippen LogP contribution is -2.15. The highest BCUT2D eigenvalue weighted by Crippen LogP contribution is 2.36. The molecule has 0 aliphatic heterocycles. The predicted molar refractivity (Wildman–Crippen MR) is 117 cm³/mol. The number of nitriles is 1. The molecule has 1 amide bonds. The minimum absolute atomic E-state index is 0.0437. The van der Waals surface area contributed by atoms with E-state index in [0.717, 1.165) is 22.4 Å². The van der Waals surface area contributed by atoms with Gasteiger partial charge in [0.2, 0.25) is 5.91 Å². The van der Waals surface area contributed by atoms with Crippen LogP contribution in [0.3, 0.4) is 0 Å². The molecular weight excluding hydrogens is 388 g/mol. The summed E-state index contributed by atoms with van der Waals surface area (Å²) in [6.45, 7) is 0. The second-order valence-corrected chi connectivity index (χ2v) is 7.76. The van der Waals surface area contributed by atoms with E-state index in [2.05, 4.69) is 23.5 Å². The molecule has 0 spiro atoms. The van der Waals surface area contributed by atoms with Crippen LogP contribution in [0, 0.1) is 11.3 Å². The van der Waals surface area contributed by atoms with Crippen LogP contribution in [0.15, 0.2) is 78.9 Å². The van der Waals surface area contributed by atoms with Gasteiger partial charge in [0.05, 0.1) is 23.5 Å². The fraction of sp³-hybridized carbons (Fsp3) is 0.130. The molecule has 3 rings (SSSR count). The summed E-state index contributed by atoms with van der Waals surface area (Å²) in [4.78, 5) is 12.4. The number of anilines is 1. The zero-order chi connectivity index (χ0) is 19.8. The van der Waals surface area contributed by atoms with E-state index in [1.165, 1.54) is 0 Å². The molecule has 3 aromatic carbocycles. The number of hydrogen-bond donors (Lipinski definition) is 1. The molecule has 1 atom stereocenters. The Labute approximate surface area is 174 Å². The smallest absolute Gasteiger partial charge is 0.234 e. The van der Waals surface area contributed by atoms with Crippen molar-refractivity contribution in [3.8, 4) is 6.07 Å². The van der Waals surface area contributed by atoms with Gasteiger partial charge in [0, 0.05) is 10.7 Å². The Hall–Kier alpha value is -2.74. The van der Waals surface area contributed by atoms with Crippen LogP contribution in [0.4, 0.5) is 5.69 Å². The van der Waals surface area contributed by atoms with Crippen molar-refractivity contribution in [3.63, 3.8) is 0 Å². The Balaban J connectivity index is 1.67. The maximum absolute atomic E-state index is 12.4. The standard InChI is InChI=1S/C23H19ClN2OS/c24-20-10-8-19(9-11-20)23(18-4-2-1-3-5-18)28-16-22(27)26-21-12-6-17(7-13-21)14-15-25/h1-13,23H,14,16H2,(H,26,27). The molecule has 0 radical (unpaired) electrons. The van der Waals surface area contributed by atoms with E-state index in [9.17, 15) is 4.79 Å². The minimum Gasteiger partial charge on any atom is -0.325 e. The summed E-state index contributed by atoms with van der Waals surface area (Å²) >= 11 is 7.60. The highest BCUT2D eigenvalue weighted by Gasteiger charge is 2.16. The monoisotopic (exact) mass is 406 g/mol. The van der Waals surface area contributed by atoms with Crippen LogP contribution in [0.2, 0.25) is 5.02 Å². The summed E-state index contributed by atoms with van der Waals surface area (Å²) in [5.41, 5.74) is 3.91. The number of rotatable bonds is 7. The number of thioether (sulfide) groups is 1. The Bertz CT molecular complexity index is 951. The van der Waals surface area contributed by atoms with Gasteiger partial charge in [0.1, 0.15) is 0 Å².